The monoisotopic (exact) mass is 343 g/mol. The number of aromatic nitrogens is 3. The molecule has 2 aromatic rings. The molecular formula is C17H26BN5O2. The molecule has 0 unspecified atom stereocenters. The second-order valence-electron chi connectivity index (χ2n) is 6.32. The molecule has 0 saturated carbocycles. The maximum atomic E-state index is 12.6. The van der Waals surface area contributed by atoms with Crippen molar-refractivity contribution in [1.82, 2.24) is 19.4 Å². The highest BCUT2D eigenvalue weighted by Gasteiger charge is 2.13. The molecule has 0 aliphatic carbocycles. The van der Waals surface area contributed by atoms with Gasteiger partial charge in [0, 0.05) is 38.1 Å². The van der Waals surface area contributed by atoms with Crippen molar-refractivity contribution < 1.29 is 4.74 Å². The van der Waals surface area contributed by atoms with E-state index in [0.717, 1.165) is 55.9 Å². The third-order valence-electron chi connectivity index (χ3n) is 4.72. The number of hydrogen-bond donors (Lipinski definition) is 1. The van der Waals surface area contributed by atoms with Gasteiger partial charge in [0.15, 0.2) is 7.28 Å². The van der Waals surface area contributed by atoms with Crippen LogP contribution in [0.15, 0.2) is 10.9 Å². The molecule has 2 aromatic heterocycles. The molecule has 8 heteroatoms. The molecule has 0 radical (unpaired) electrons. The number of pyridine rings is 1. The fourth-order valence-corrected chi connectivity index (χ4v) is 3.22. The number of fused-ring (bicyclic) bond motifs is 1. The summed E-state index contributed by atoms with van der Waals surface area (Å²) in [5.74, 6) is 0.587. The summed E-state index contributed by atoms with van der Waals surface area (Å²) in [6.45, 7) is 11.8. The van der Waals surface area contributed by atoms with Crippen molar-refractivity contribution in [3.8, 4) is 0 Å². The number of ether oxygens (including phenoxy) is 1. The maximum Gasteiger partial charge on any atom is 0.246 e. The van der Waals surface area contributed by atoms with E-state index in [-0.39, 0.29) is 5.56 Å². The Labute approximate surface area is 148 Å². The molecule has 0 atom stereocenters. The lowest BCUT2D eigenvalue weighted by Crippen LogP contribution is -2.39. The van der Waals surface area contributed by atoms with Crippen molar-refractivity contribution in [2.75, 3.05) is 44.7 Å². The first-order valence-electron chi connectivity index (χ1n) is 9.09. The number of nitrogens with zero attached hydrogens (tertiary/aromatic N) is 4. The van der Waals surface area contributed by atoms with Crippen LogP contribution in [0.1, 0.15) is 12.6 Å². The molecule has 1 aliphatic heterocycles. The highest BCUT2D eigenvalue weighted by molar-refractivity contribution is 6.52. The summed E-state index contributed by atoms with van der Waals surface area (Å²) >= 11 is 0. The Hall–Kier alpha value is -1.93. The minimum Gasteiger partial charge on any atom is -0.379 e. The van der Waals surface area contributed by atoms with Gasteiger partial charge in [0.1, 0.15) is 5.65 Å². The molecule has 25 heavy (non-hydrogen) atoms. The summed E-state index contributed by atoms with van der Waals surface area (Å²) < 4.78 is 7.11. The van der Waals surface area contributed by atoms with Crippen molar-refractivity contribution in [1.29, 1.82) is 0 Å². The Kier molecular flexibility index (Phi) is 5.70. The van der Waals surface area contributed by atoms with E-state index in [2.05, 4.69) is 20.2 Å². The van der Waals surface area contributed by atoms with Crippen molar-refractivity contribution in [2.45, 2.75) is 27.2 Å². The lowest BCUT2D eigenvalue weighted by atomic mass is 9.73. The van der Waals surface area contributed by atoms with E-state index >= 15 is 0 Å². The van der Waals surface area contributed by atoms with Gasteiger partial charge >= 0.3 is 0 Å². The predicted octanol–water partition coefficient (Wildman–Crippen LogP) is -0.0262. The van der Waals surface area contributed by atoms with E-state index in [1.807, 2.05) is 26.7 Å². The van der Waals surface area contributed by atoms with Gasteiger partial charge in [-0.3, -0.25) is 14.3 Å². The molecule has 134 valence electrons. The third-order valence-corrected chi connectivity index (χ3v) is 4.72. The van der Waals surface area contributed by atoms with Gasteiger partial charge in [0.25, 0.3) is 0 Å². The van der Waals surface area contributed by atoms with Gasteiger partial charge in [0.2, 0.25) is 11.5 Å². The van der Waals surface area contributed by atoms with Crippen LogP contribution >= 0.6 is 0 Å². The second-order valence-corrected chi connectivity index (χ2v) is 6.32. The SMILES string of the molecule is CBc1cc2c(C)nc(NCCN3CCOCC3)nc2n(CC)c1=O. The zero-order chi connectivity index (χ0) is 17.8. The summed E-state index contributed by atoms with van der Waals surface area (Å²) in [5.41, 5.74) is 2.48. The first-order chi connectivity index (χ1) is 12.1. The lowest BCUT2D eigenvalue weighted by Gasteiger charge is -2.26. The highest BCUT2D eigenvalue weighted by atomic mass is 16.5. The van der Waals surface area contributed by atoms with E-state index in [4.69, 9.17) is 4.74 Å². The third kappa shape index (κ3) is 3.85. The van der Waals surface area contributed by atoms with Crippen LogP contribution in [-0.2, 0) is 11.3 Å². The minimum atomic E-state index is 0.0508. The fourth-order valence-electron chi connectivity index (χ4n) is 3.22. The van der Waals surface area contributed by atoms with Gasteiger partial charge in [0.05, 0.1) is 18.9 Å². The zero-order valence-electron chi connectivity index (χ0n) is 15.3. The Morgan fingerprint density at radius 2 is 2.08 bits per heavy atom. The Bertz CT molecular complexity index is 802. The number of aryl methyl sites for hydroxylation is 2. The van der Waals surface area contributed by atoms with Crippen molar-refractivity contribution >= 4 is 29.7 Å². The number of rotatable bonds is 6. The average molecular weight is 343 g/mol. The first-order valence-corrected chi connectivity index (χ1v) is 9.09. The highest BCUT2D eigenvalue weighted by Crippen LogP contribution is 2.15. The molecule has 1 fully saturated rings. The molecule has 1 saturated heterocycles. The van der Waals surface area contributed by atoms with E-state index in [9.17, 15) is 4.79 Å². The van der Waals surface area contributed by atoms with Crippen molar-refractivity contribution in [2.24, 2.45) is 0 Å². The maximum absolute atomic E-state index is 12.6. The standard InChI is InChI=1S/C17H26BN5O2/c1-4-23-15-13(11-14(18-3)16(23)24)12(2)20-17(21-15)19-5-6-22-7-9-25-10-8-22/h11,18H,4-10H2,1-3H3,(H,19,20,21). The second kappa shape index (κ2) is 7.97. The first kappa shape index (κ1) is 17.9. The van der Waals surface area contributed by atoms with Gasteiger partial charge in [-0.15, -0.1) is 0 Å². The number of hydrogen-bond acceptors (Lipinski definition) is 6. The topological polar surface area (TPSA) is 72.3 Å². The minimum absolute atomic E-state index is 0.0508. The molecular weight excluding hydrogens is 317 g/mol. The van der Waals surface area contributed by atoms with E-state index in [0.29, 0.717) is 25.4 Å². The Balaban J connectivity index is 1.83. The van der Waals surface area contributed by atoms with Crippen LogP contribution in [0.4, 0.5) is 5.95 Å². The van der Waals surface area contributed by atoms with Gasteiger partial charge < -0.3 is 10.1 Å². The van der Waals surface area contributed by atoms with Crippen LogP contribution in [0.25, 0.3) is 11.0 Å². The van der Waals surface area contributed by atoms with Crippen LogP contribution in [0.3, 0.4) is 0 Å². The normalized spacial score (nSPS) is 15.5. The zero-order valence-corrected chi connectivity index (χ0v) is 15.3. The van der Waals surface area contributed by atoms with Crippen LogP contribution in [0.2, 0.25) is 6.82 Å². The van der Waals surface area contributed by atoms with Crippen molar-refractivity contribution in [3.63, 3.8) is 0 Å². The molecule has 3 heterocycles. The summed E-state index contributed by atoms with van der Waals surface area (Å²) in [6, 6.07) is 1.94. The Morgan fingerprint density at radius 3 is 2.76 bits per heavy atom. The number of anilines is 1. The van der Waals surface area contributed by atoms with Crippen LogP contribution in [-0.4, -0.2) is 66.1 Å². The van der Waals surface area contributed by atoms with E-state index in [1.165, 1.54) is 0 Å². The number of nitrogens with one attached hydrogen (secondary N) is 1. The van der Waals surface area contributed by atoms with Gasteiger partial charge in [-0.2, -0.15) is 4.98 Å². The van der Waals surface area contributed by atoms with Crippen LogP contribution < -0.4 is 16.3 Å². The van der Waals surface area contributed by atoms with Crippen molar-refractivity contribution in [3.05, 3.63) is 22.1 Å². The molecule has 7 nitrogen and oxygen atoms in total. The van der Waals surface area contributed by atoms with E-state index < -0.39 is 0 Å². The lowest BCUT2D eigenvalue weighted by molar-refractivity contribution is 0.0398. The summed E-state index contributed by atoms with van der Waals surface area (Å²) in [6.07, 6.45) is 0. The predicted molar refractivity (Wildman–Crippen MR) is 103 cm³/mol. The smallest absolute Gasteiger partial charge is 0.246 e. The molecule has 0 amide bonds. The largest absolute Gasteiger partial charge is 0.379 e. The molecule has 1 N–H and O–H groups in total. The van der Waals surface area contributed by atoms with Crippen LogP contribution in [0, 0.1) is 6.92 Å². The molecule has 3 rings (SSSR count). The van der Waals surface area contributed by atoms with Gasteiger partial charge in [-0.05, 0) is 19.3 Å². The average Bonchev–Trinajstić information content (AvgIpc) is 2.62. The van der Waals surface area contributed by atoms with Gasteiger partial charge in [-0.1, -0.05) is 12.9 Å². The quantitative estimate of drug-likeness (QED) is 0.743. The molecule has 0 bridgehead atoms. The molecule has 0 aromatic carbocycles. The summed E-state index contributed by atoms with van der Waals surface area (Å²) in [7, 11) is 0.716. The molecule has 1 aliphatic rings. The Morgan fingerprint density at radius 1 is 1.32 bits per heavy atom. The van der Waals surface area contributed by atoms with Gasteiger partial charge in [-0.25, -0.2) is 4.98 Å². The summed E-state index contributed by atoms with van der Waals surface area (Å²) in [5, 5.41) is 4.26. The summed E-state index contributed by atoms with van der Waals surface area (Å²) in [4.78, 5) is 24.1. The fraction of sp³-hybridized carbons (Fsp3) is 0.588. The van der Waals surface area contributed by atoms with E-state index in [1.54, 1.807) is 4.57 Å². The van der Waals surface area contributed by atoms with Crippen LogP contribution in [0.5, 0.6) is 0 Å². The number of morpholine rings is 1. The molecule has 0 spiro atoms.